The van der Waals surface area contributed by atoms with E-state index in [0.29, 0.717) is 41.9 Å². The fraction of sp³-hybridized carbons (Fsp3) is 0.524. The number of hydrogen-bond acceptors (Lipinski definition) is 6. The maximum atomic E-state index is 13.1. The van der Waals surface area contributed by atoms with Gasteiger partial charge in [0.25, 0.3) is 0 Å². The van der Waals surface area contributed by atoms with E-state index in [-0.39, 0.29) is 11.8 Å². The Bertz CT molecular complexity index is 1030. The molecule has 6 nitrogen and oxygen atoms in total. The minimum Gasteiger partial charge on any atom is -0.302 e. The number of carbonyl (C=O) groups is 1. The highest BCUT2D eigenvalue weighted by Crippen LogP contribution is 2.33. The number of aryl methyl sites for hydroxylation is 1. The SMILES string of the molecule is CSc1ccccc1S(=O)(=O)N1CCC(C(=O)Nc2nc3c(s2)CC(C)CC3)CC1. The van der Waals surface area contributed by atoms with Gasteiger partial charge in [0.05, 0.1) is 10.6 Å². The number of nitrogens with zero attached hydrogens (tertiary/aromatic N) is 2. The van der Waals surface area contributed by atoms with Crippen molar-refractivity contribution in [3.63, 3.8) is 0 Å². The number of hydrogen-bond donors (Lipinski definition) is 1. The minimum absolute atomic E-state index is 0.0456. The molecule has 162 valence electrons. The number of sulfonamides is 1. The van der Waals surface area contributed by atoms with E-state index in [1.165, 1.54) is 20.9 Å². The van der Waals surface area contributed by atoms with E-state index in [1.54, 1.807) is 23.5 Å². The van der Waals surface area contributed by atoms with Crippen molar-refractivity contribution in [2.75, 3.05) is 24.7 Å². The average molecular weight is 466 g/mol. The summed E-state index contributed by atoms with van der Waals surface area (Å²) in [5.74, 6) is 0.437. The molecule has 1 atom stereocenters. The Morgan fingerprint density at radius 2 is 1.97 bits per heavy atom. The van der Waals surface area contributed by atoms with E-state index in [2.05, 4.69) is 17.2 Å². The largest absolute Gasteiger partial charge is 0.302 e. The van der Waals surface area contributed by atoms with Gasteiger partial charge in [-0.1, -0.05) is 19.1 Å². The molecule has 1 aliphatic heterocycles. The van der Waals surface area contributed by atoms with E-state index in [4.69, 9.17) is 0 Å². The van der Waals surface area contributed by atoms with Gasteiger partial charge in [0.15, 0.2) is 5.13 Å². The Kier molecular flexibility index (Phi) is 6.53. The van der Waals surface area contributed by atoms with Crippen LogP contribution in [-0.4, -0.2) is 43.0 Å². The first kappa shape index (κ1) is 21.8. The maximum absolute atomic E-state index is 13.1. The predicted molar refractivity (Wildman–Crippen MR) is 122 cm³/mol. The monoisotopic (exact) mass is 465 g/mol. The highest BCUT2D eigenvalue weighted by atomic mass is 32.2. The van der Waals surface area contributed by atoms with Crippen LogP contribution in [-0.2, 0) is 27.7 Å². The molecule has 0 saturated carbocycles. The number of anilines is 1. The molecule has 0 spiro atoms. The zero-order chi connectivity index (χ0) is 21.3. The lowest BCUT2D eigenvalue weighted by Gasteiger charge is -2.30. The van der Waals surface area contributed by atoms with Gasteiger partial charge < -0.3 is 5.32 Å². The molecule has 1 aliphatic carbocycles. The van der Waals surface area contributed by atoms with Gasteiger partial charge in [0.1, 0.15) is 0 Å². The summed E-state index contributed by atoms with van der Waals surface area (Å²) in [5, 5.41) is 3.67. The second-order valence-corrected chi connectivity index (χ2v) is 11.9. The molecule has 2 aromatic rings. The van der Waals surface area contributed by atoms with Crippen LogP contribution in [0.25, 0.3) is 0 Å². The number of fused-ring (bicyclic) bond motifs is 1. The third-order valence-electron chi connectivity index (χ3n) is 5.93. The minimum atomic E-state index is -3.55. The number of rotatable bonds is 5. The number of carbonyl (C=O) groups excluding carboxylic acids is 1. The van der Waals surface area contributed by atoms with Crippen LogP contribution in [0.1, 0.15) is 36.8 Å². The van der Waals surface area contributed by atoms with Crippen molar-refractivity contribution in [2.24, 2.45) is 11.8 Å². The van der Waals surface area contributed by atoms with Gasteiger partial charge in [0, 0.05) is 28.8 Å². The zero-order valence-electron chi connectivity index (χ0n) is 17.3. The molecule has 1 N–H and O–H groups in total. The smallest absolute Gasteiger partial charge is 0.244 e. The third-order valence-corrected chi connectivity index (χ3v) is 9.85. The summed E-state index contributed by atoms with van der Waals surface area (Å²) in [7, 11) is -3.55. The number of piperidine rings is 1. The summed E-state index contributed by atoms with van der Waals surface area (Å²) in [4.78, 5) is 19.8. The van der Waals surface area contributed by atoms with Gasteiger partial charge in [0.2, 0.25) is 15.9 Å². The summed E-state index contributed by atoms with van der Waals surface area (Å²) in [6.07, 6.45) is 6.09. The molecular weight excluding hydrogens is 438 g/mol. The molecule has 1 aromatic heterocycles. The molecule has 2 aliphatic rings. The highest BCUT2D eigenvalue weighted by Gasteiger charge is 2.33. The van der Waals surface area contributed by atoms with E-state index >= 15 is 0 Å². The number of thiazole rings is 1. The zero-order valence-corrected chi connectivity index (χ0v) is 19.7. The Morgan fingerprint density at radius 3 is 2.70 bits per heavy atom. The van der Waals surface area contributed by atoms with Crippen molar-refractivity contribution in [3.8, 4) is 0 Å². The number of benzene rings is 1. The maximum Gasteiger partial charge on any atom is 0.244 e. The number of aromatic nitrogens is 1. The average Bonchev–Trinajstić information content (AvgIpc) is 3.15. The Labute approximate surface area is 186 Å². The summed E-state index contributed by atoms with van der Waals surface area (Å²) < 4.78 is 27.7. The molecule has 0 bridgehead atoms. The van der Waals surface area contributed by atoms with Gasteiger partial charge in [-0.15, -0.1) is 23.1 Å². The fourth-order valence-electron chi connectivity index (χ4n) is 4.13. The quantitative estimate of drug-likeness (QED) is 0.675. The van der Waals surface area contributed by atoms with Crippen LogP contribution in [0.2, 0.25) is 0 Å². The van der Waals surface area contributed by atoms with E-state index in [9.17, 15) is 13.2 Å². The second-order valence-electron chi connectivity index (χ2n) is 8.06. The van der Waals surface area contributed by atoms with Gasteiger partial charge in [-0.3, -0.25) is 4.79 Å². The third kappa shape index (κ3) is 4.44. The van der Waals surface area contributed by atoms with Crippen LogP contribution in [0.15, 0.2) is 34.1 Å². The Hall–Kier alpha value is -1.42. The van der Waals surface area contributed by atoms with Crippen molar-refractivity contribution in [3.05, 3.63) is 34.8 Å². The van der Waals surface area contributed by atoms with Crippen LogP contribution in [0.3, 0.4) is 0 Å². The van der Waals surface area contributed by atoms with Crippen LogP contribution < -0.4 is 5.32 Å². The molecule has 0 radical (unpaired) electrons. The fourth-order valence-corrected chi connectivity index (χ4v) is 7.90. The molecule has 1 fully saturated rings. The lowest BCUT2D eigenvalue weighted by Crippen LogP contribution is -2.41. The number of nitrogens with one attached hydrogen (secondary N) is 1. The molecule has 4 rings (SSSR count). The topological polar surface area (TPSA) is 79.4 Å². The molecule has 30 heavy (non-hydrogen) atoms. The Morgan fingerprint density at radius 1 is 1.23 bits per heavy atom. The normalized spacial score (nSPS) is 20.7. The Balaban J connectivity index is 1.38. The first-order valence-electron chi connectivity index (χ1n) is 10.3. The molecule has 9 heteroatoms. The van der Waals surface area contributed by atoms with Crippen LogP contribution in [0.4, 0.5) is 5.13 Å². The standard InChI is InChI=1S/C21H27N3O3S3/c1-14-7-8-16-18(13-14)29-21(22-16)23-20(25)15-9-11-24(12-10-15)30(26,27)19-6-4-3-5-17(19)28-2/h3-6,14-15H,7-13H2,1-2H3,(H,22,23,25). The molecular formula is C21H27N3O3S3. The first-order valence-corrected chi connectivity index (χ1v) is 13.8. The van der Waals surface area contributed by atoms with Gasteiger partial charge in [-0.05, 0) is 56.4 Å². The van der Waals surface area contributed by atoms with Crippen LogP contribution in [0, 0.1) is 11.8 Å². The van der Waals surface area contributed by atoms with Crippen LogP contribution >= 0.6 is 23.1 Å². The van der Waals surface area contributed by atoms with E-state index in [1.807, 2.05) is 18.4 Å². The molecule has 2 heterocycles. The first-order chi connectivity index (χ1) is 14.4. The number of amides is 1. The molecule has 1 amide bonds. The highest BCUT2D eigenvalue weighted by molar-refractivity contribution is 7.99. The summed E-state index contributed by atoms with van der Waals surface area (Å²) in [6.45, 7) is 2.96. The predicted octanol–water partition coefficient (Wildman–Crippen LogP) is 4.03. The van der Waals surface area contributed by atoms with Crippen molar-refractivity contribution < 1.29 is 13.2 Å². The van der Waals surface area contributed by atoms with Crippen LogP contribution in [0.5, 0.6) is 0 Å². The van der Waals surface area contributed by atoms with Crippen molar-refractivity contribution in [1.29, 1.82) is 0 Å². The lowest BCUT2D eigenvalue weighted by atomic mass is 9.93. The van der Waals surface area contributed by atoms with E-state index < -0.39 is 10.0 Å². The van der Waals surface area contributed by atoms with Gasteiger partial charge in [-0.2, -0.15) is 4.31 Å². The number of thioether (sulfide) groups is 1. The van der Waals surface area contributed by atoms with Gasteiger partial charge >= 0.3 is 0 Å². The summed E-state index contributed by atoms with van der Waals surface area (Å²) in [6, 6.07) is 7.08. The van der Waals surface area contributed by atoms with Crippen molar-refractivity contribution in [2.45, 2.75) is 48.8 Å². The molecule has 1 unspecified atom stereocenters. The van der Waals surface area contributed by atoms with Gasteiger partial charge in [-0.25, -0.2) is 13.4 Å². The molecule has 1 aromatic carbocycles. The second kappa shape index (κ2) is 8.98. The summed E-state index contributed by atoms with van der Waals surface area (Å²) >= 11 is 3.01. The molecule has 1 saturated heterocycles. The van der Waals surface area contributed by atoms with E-state index in [0.717, 1.165) is 29.9 Å². The van der Waals surface area contributed by atoms with Crippen molar-refractivity contribution in [1.82, 2.24) is 9.29 Å². The lowest BCUT2D eigenvalue weighted by molar-refractivity contribution is -0.120. The van der Waals surface area contributed by atoms with Crippen molar-refractivity contribution >= 4 is 44.2 Å². The summed E-state index contributed by atoms with van der Waals surface area (Å²) in [5.41, 5.74) is 1.13.